The molecule has 0 heterocycles. The van der Waals surface area contributed by atoms with Gasteiger partial charge in [0.05, 0.1) is 15.9 Å². The van der Waals surface area contributed by atoms with Crippen LogP contribution < -0.4 is 5.43 Å². The third-order valence-electron chi connectivity index (χ3n) is 2.67. The van der Waals surface area contributed by atoms with E-state index in [0.717, 1.165) is 31.0 Å². The van der Waals surface area contributed by atoms with E-state index in [1.165, 1.54) is 12.1 Å². The van der Waals surface area contributed by atoms with Gasteiger partial charge in [0.15, 0.2) is 0 Å². The number of nitrogens with zero attached hydrogens (tertiary/aromatic N) is 3. The summed E-state index contributed by atoms with van der Waals surface area (Å²) in [4.78, 5) is 20.2. The summed E-state index contributed by atoms with van der Waals surface area (Å²) in [6.07, 6.45) is 2.46. The Bertz CT molecular complexity index is 542. The summed E-state index contributed by atoms with van der Waals surface area (Å²) < 4.78 is 0. The van der Waals surface area contributed by atoms with Crippen molar-refractivity contribution in [1.82, 2.24) is 0 Å². The van der Waals surface area contributed by atoms with Gasteiger partial charge in [-0.3, -0.25) is 25.7 Å². The van der Waals surface area contributed by atoms with Gasteiger partial charge in [-0.15, -0.1) is 0 Å². The van der Waals surface area contributed by atoms with Crippen molar-refractivity contribution in [3.05, 3.63) is 38.4 Å². The third kappa shape index (κ3) is 4.01. The molecule has 1 N–H and O–H groups in total. The van der Waals surface area contributed by atoms with Crippen LogP contribution in [0.2, 0.25) is 0 Å². The SMILES string of the molecule is CCC/C(CC)=N/Nc1ccc([N+](=O)[O-])cc1[N+](=O)[O-]. The predicted octanol–water partition coefficient (Wildman–Crippen LogP) is 3.48. The number of non-ortho nitro benzene ring substituents is 1. The van der Waals surface area contributed by atoms with Gasteiger partial charge < -0.3 is 0 Å². The summed E-state index contributed by atoms with van der Waals surface area (Å²) in [5.74, 6) is 0. The Hall–Kier alpha value is -2.51. The zero-order valence-corrected chi connectivity index (χ0v) is 11.3. The number of benzene rings is 1. The van der Waals surface area contributed by atoms with E-state index in [1.807, 2.05) is 13.8 Å². The van der Waals surface area contributed by atoms with Gasteiger partial charge in [0.2, 0.25) is 0 Å². The van der Waals surface area contributed by atoms with Crippen molar-refractivity contribution >= 4 is 22.8 Å². The van der Waals surface area contributed by atoms with Gasteiger partial charge in [0.1, 0.15) is 5.69 Å². The van der Waals surface area contributed by atoms with Crippen LogP contribution in [0.25, 0.3) is 0 Å². The fourth-order valence-corrected chi connectivity index (χ4v) is 1.62. The molecule has 8 nitrogen and oxygen atoms in total. The lowest BCUT2D eigenvalue weighted by atomic mass is 10.2. The molecule has 1 aromatic rings. The van der Waals surface area contributed by atoms with E-state index in [2.05, 4.69) is 10.5 Å². The van der Waals surface area contributed by atoms with Gasteiger partial charge in [-0.2, -0.15) is 5.10 Å². The Balaban J connectivity index is 3.06. The van der Waals surface area contributed by atoms with Crippen LogP contribution in [0.1, 0.15) is 33.1 Å². The maximum atomic E-state index is 10.9. The molecule has 0 aliphatic carbocycles. The Kier molecular flexibility index (Phi) is 5.57. The molecule has 0 radical (unpaired) electrons. The first-order valence-electron chi connectivity index (χ1n) is 6.23. The van der Waals surface area contributed by atoms with Crippen molar-refractivity contribution in [2.24, 2.45) is 5.10 Å². The fourth-order valence-electron chi connectivity index (χ4n) is 1.62. The first-order valence-corrected chi connectivity index (χ1v) is 6.23. The molecule has 0 aromatic heterocycles. The molecule has 0 unspecified atom stereocenters. The lowest BCUT2D eigenvalue weighted by molar-refractivity contribution is -0.393. The second-order valence-corrected chi connectivity index (χ2v) is 4.11. The zero-order valence-electron chi connectivity index (χ0n) is 11.3. The largest absolute Gasteiger partial charge is 0.301 e. The van der Waals surface area contributed by atoms with Gasteiger partial charge in [0.25, 0.3) is 5.69 Å². The van der Waals surface area contributed by atoms with Crippen molar-refractivity contribution in [3.8, 4) is 0 Å². The molecular weight excluding hydrogens is 264 g/mol. The number of hydrogen-bond donors (Lipinski definition) is 1. The van der Waals surface area contributed by atoms with Crippen LogP contribution in [0.5, 0.6) is 0 Å². The number of hydrazone groups is 1. The molecular formula is C12H16N4O4. The smallest absolute Gasteiger partial charge is 0.272 e. The highest BCUT2D eigenvalue weighted by atomic mass is 16.6. The molecule has 0 bridgehead atoms. The van der Waals surface area contributed by atoms with E-state index < -0.39 is 9.85 Å². The Morgan fingerprint density at radius 3 is 2.45 bits per heavy atom. The highest BCUT2D eigenvalue weighted by Crippen LogP contribution is 2.28. The number of hydrogen-bond acceptors (Lipinski definition) is 6. The van der Waals surface area contributed by atoms with Gasteiger partial charge in [-0.05, 0) is 18.9 Å². The molecule has 0 fully saturated rings. The summed E-state index contributed by atoms with van der Waals surface area (Å²) in [6.45, 7) is 3.96. The molecule has 8 heteroatoms. The van der Waals surface area contributed by atoms with Crippen molar-refractivity contribution in [2.75, 3.05) is 5.43 Å². The fraction of sp³-hybridized carbons (Fsp3) is 0.417. The molecule has 20 heavy (non-hydrogen) atoms. The monoisotopic (exact) mass is 280 g/mol. The lowest BCUT2D eigenvalue weighted by Crippen LogP contribution is -2.03. The van der Waals surface area contributed by atoms with Crippen LogP contribution in [-0.2, 0) is 0 Å². The molecule has 0 amide bonds. The lowest BCUT2D eigenvalue weighted by Gasteiger charge is -2.05. The van der Waals surface area contributed by atoms with Gasteiger partial charge in [0, 0.05) is 11.8 Å². The van der Waals surface area contributed by atoms with E-state index in [9.17, 15) is 20.2 Å². The first kappa shape index (κ1) is 15.5. The minimum atomic E-state index is -0.672. The molecule has 1 aromatic carbocycles. The maximum Gasteiger partial charge on any atom is 0.301 e. The van der Waals surface area contributed by atoms with E-state index in [0.29, 0.717) is 0 Å². The van der Waals surface area contributed by atoms with E-state index in [4.69, 9.17) is 0 Å². The van der Waals surface area contributed by atoms with Crippen molar-refractivity contribution in [3.63, 3.8) is 0 Å². The molecule has 0 spiro atoms. The summed E-state index contributed by atoms with van der Waals surface area (Å²) in [6, 6.07) is 3.42. The summed E-state index contributed by atoms with van der Waals surface area (Å²) in [7, 11) is 0. The summed E-state index contributed by atoms with van der Waals surface area (Å²) >= 11 is 0. The Morgan fingerprint density at radius 2 is 1.95 bits per heavy atom. The van der Waals surface area contributed by atoms with E-state index >= 15 is 0 Å². The van der Waals surface area contributed by atoms with Gasteiger partial charge in [-0.25, -0.2) is 0 Å². The number of nitro groups is 2. The Labute approximate surface area is 115 Å². The summed E-state index contributed by atoms with van der Waals surface area (Å²) in [5, 5.41) is 25.7. The molecule has 0 aliphatic heterocycles. The molecule has 0 saturated carbocycles. The van der Waals surface area contributed by atoms with Crippen molar-refractivity contribution in [2.45, 2.75) is 33.1 Å². The van der Waals surface area contributed by atoms with Gasteiger partial charge in [-0.1, -0.05) is 20.3 Å². The normalized spacial score (nSPS) is 11.2. The van der Waals surface area contributed by atoms with E-state index in [-0.39, 0.29) is 17.1 Å². The number of nitrogens with one attached hydrogen (secondary N) is 1. The third-order valence-corrected chi connectivity index (χ3v) is 2.67. The van der Waals surface area contributed by atoms with Crippen LogP contribution in [0.4, 0.5) is 17.1 Å². The number of nitro benzene ring substituents is 2. The van der Waals surface area contributed by atoms with Crippen LogP contribution in [-0.4, -0.2) is 15.6 Å². The quantitative estimate of drug-likeness (QED) is 0.467. The van der Waals surface area contributed by atoms with Crippen molar-refractivity contribution < 1.29 is 9.85 Å². The van der Waals surface area contributed by atoms with Crippen LogP contribution >= 0.6 is 0 Å². The summed E-state index contributed by atoms with van der Waals surface area (Å²) in [5.41, 5.74) is 2.96. The standard InChI is InChI=1S/C12H16N4O4/c1-3-5-9(4-2)13-14-11-7-6-10(15(17)18)8-12(11)16(19)20/h6-8,14H,3-5H2,1-2H3/b13-9+. The molecule has 0 saturated heterocycles. The average Bonchev–Trinajstić information content (AvgIpc) is 2.42. The van der Waals surface area contributed by atoms with Gasteiger partial charge >= 0.3 is 5.69 Å². The first-order chi connectivity index (χ1) is 9.49. The highest BCUT2D eigenvalue weighted by Gasteiger charge is 2.19. The highest BCUT2D eigenvalue weighted by molar-refractivity contribution is 5.85. The maximum absolute atomic E-state index is 10.9. The second-order valence-electron chi connectivity index (χ2n) is 4.11. The zero-order chi connectivity index (χ0) is 15.1. The van der Waals surface area contributed by atoms with E-state index in [1.54, 1.807) is 0 Å². The molecule has 108 valence electrons. The minimum Gasteiger partial charge on any atom is -0.272 e. The predicted molar refractivity (Wildman–Crippen MR) is 76.0 cm³/mol. The Morgan fingerprint density at radius 1 is 1.25 bits per heavy atom. The molecule has 1 rings (SSSR count). The minimum absolute atomic E-state index is 0.141. The molecule has 0 aliphatic rings. The van der Waals surface area contributed by atoms with Crippen LogP contribution in [0.15, 0.2) is 23.3 Å². The second kappa shape index (κ2) is 7.17. The topological polar surface area (TPSA) is 111 Å². The van der Waals surface area contributed by atoms with Crippen LogP contribution in [0.3, 0.4) is 0 Å². The van der Waals surface area contributed by atoms with Crippen molar-refractivity contribution in [1.29, 1.82) is 0 Å². The molecule has 0 atom stereocenters. The average molecular weight is 280 g/mol. The number of rotatable bonds is 7. The number of anilines is 1. The van der Waals surface area contributed by atoms with Crippen LogP contribution in [0, 0.1) is 20.2 Å².